The van der Waals surface area contributed by atoms with Crippen LogP contribution in [-0.2, 0) is 21.2 Å². The lowest BCUT2D eigenvalue weighted by atomic mass is 10.4. The lowest BCUT2D eigenvalue weighted by Crippen LogP contribution is -2.42. The summed E-state index contributed by atoms with van der Waals surface area (Å²) in [6, 6.07) is 7.81. The minimum Gasteiger partial charge on any atom is -0.277 e. The normalized spacial score (nSPS) is 11.2. The first kappa shape index (κ1) is 14.6. The number of sulfonamides is 1. The number of hydrogen-bond donors (Lipinski definition) is 2. The summed E-state index contributed by atoms with van der Waals surface area (Å²) in [5.41, 5.74) is 3.00. The fourth-order valence-corrected chi connectivity index (χ4v) is 3.10. The van der Waals surface area contributed by atoms with Gasteiger partial charge in [0.1, 0.15) is 5.01 Å². The van der Waals surface area contributed by atoms with E-state index >= 15 is 0 Å². The molecule has 6 nitrogen and oxygen atoms in total. The zero-order valence-electron chi connectivity index (χ0n) is 10.7. The zero-order chi connectivity index (χ0) is 14.6. The van der Waals surface area contributed by atoms with E-state index in [9.17, 15) is 13.2 Å². The fraction of sp³-hybridized carbons (Fsp3) is 0.167. The summed E-state index contributed by atoms with van der Waals surface area (Å²) in [7, 11) is -3.74. The summed E-state index contributed by atoms with van der Waals surface area (Å²) in [4.78, 5) is 17.9. The Hall–Kier alpha value is -1.77. The van der Waals surface area contributed by atoms with E-state index in [-0.39, 0.29) is 11.3 Å². The van der Waals surface area contributed by atoms with Crippen LogP contribution in [0.4, 0.5) is 0 Å². The molecule has 2 rings (SSSR count). The van der Waals surface area contributed by atoms with Gasteiger partial charge in [-0.15, -0.1) is 16.2 Å². The monoisotopic (exact) mass is 311 g/mol. The van der Waals surface area contributed by atoms with Crippen molar-refractivity contribution in [2.24, 2.45) is 0 Å². The van der Waals surface area contributed by atoms with Gasteiger partial charge in [0.05, 0.1) is 11.3 Å². The first-order valence-electron chi connectivity index (χ1n) is 5.74. The van der Waals surface area contributed by atoms with Crippen molar-refractivity contribution < 1.29 is 13.2 Å². The van der Waals surface area contributed by atoms with Gasteiger partial charge in [0, 0.05) is 11.1 Å². The van der Waals surface area contributed by atoms with E-state index in [1.807, 2.05) is 12.3 Å². The first-order chi connectivity index (χ1) is 9.47. The van der Waals surface area contributed by atoms with Crippen LogP contribution >= 0.6 is 11.3 Å². The second kappa shape index (κ2) is 6.12. The molecule has 0 radical (unpaired) electrons. The molecule has 1 heterocycles. The molecule has 1 aromatic carbocycles. The highest BCUT2D eigenvalue weighted by Crippen LogP contribution is 2.09. The Morgan fingerprint density at radius 1 is 1.30 bits per heavy atom. The number of thiazole rings is 1. The summed E-state index contributed by atoms with van der Waals surface area (Å²) in [6.45, 7) is 1.83. The number of nitrogens with zero attached hydrogens (tertiary/aromatic N) is 1. The Balaban J connectivity index is 1.93. The Bertz CT molecular complexity index is 696. The predicted molar refractivity (Wildman–Crippen MR) is 75.5 cm³/mol. The van der Waals surface area contributed by atoms with E-state index in [1.165, 1.54) is 23.5 Å². The lowest BCUT2D eigenvalue weighted by Gasteiger charge is -2.07. The molecule has 2 aromatic rings. The molecule has 0 saturated heterocycles. The van der Waals surface area contributed by atoms with Gasteiger partial charge in [-0.2, -0.15) is 0 Å². The van der Waals surface area contributed by atoms with Crippen LogP contribution in [0.2, 0.25) is 0 Å². The molecule has 1 amide bonds. The molecule has 0 aliphatic rings. The van der Waals surface area contributed by atoms with Crippen LogP contribution in [0.5, 0.6) is 0 Å². The molecule has 106 valence electrons. The molecule has 0 aliphatic heterocycles. The van der Waals surface area contributed by atoms with E-state index in [1.54, 1.807) is 18.2 Å². The maximum absolute atomic E-state index is 11.9. The number of hydrogen-bond acceptors (Lipinski definition) is 5. The Kier molecular flexibility index (Phi) is 4.48. The SMILES string of the molecule is Cc1csc(CC(=O)NNS(=O)(=O)c2ccccc2)n1. The van der Waals surface area contributed by atoms with Crippen LogP contribution in [0.1, 0.15) is 10.7 Å². The predicted octanol–water partition coefficient (Wildman–Crippen LogP) is 1.00. The molecule has 8 heteroatoms. The molecule has 0 atom stereocenters. The van der Waals surface area contributed by atoms with Crippen LogP contribution in [0.3, 0.4) is 0 Å². The lowest BCUT2D eigenvalue weighted by molar-refractivity contribution is -0.120. The molecule has 0 bridgehead atoms. The van der Waals surface area contributed by atoms with Crippen molar-refractivity contribution in [2.75, 3.05) is 0 Å². The summed E-state index contributed by atoms with van der Waals surface area (Å²) >= 11 is 1.36. The van der Waals surface area contributed by atoms with Crippen LogP contribution in [-0.4, -0.2) is 19.3 Å². The van der Waals surface area contributed by atoms with Crippen LogP contribution in [0, 0.1) is 6.92 Å². The summed E-state index contributed by atoms with van der Waals surface area (Å²) in [6.07, 6.45) is 0.0375. The third kappa shape index (κ3) is 3.86. The van der Waals surface area contributed by atoms with E-state index < -0.39 is 15.9 Å². The third-order valence-corrected chi connectivity index (χ3v) is 4.59. The molecule has 1 aromatic heterocycles. The zero-order valence-corrected chi connectivity index (χ0v) is 12.3. The highest BCUT2D eigenvalue weighted by atomic mass is 32.2. The second-order valence-electron chi connectivity index (χ2n) is 4.03. The number of hydrazine groups is 1. The van der Waals surface area contributed by atoms with Gasteiger partial charge in [0.15, 0.2) is 0 Å². The van der Waals surface area contributed by atoms with Gasteiger partial charge in [0.25, 0.3) is 10.0 Å². The van der Waals surface area contributed by atoms with E-state index in [0.29, 0.717) is 5.01 Å². The van der Waals surface area contributed by atoms with Gasteiger partial charge in [-0.25, -0.2) is 13.4 Å². The van der Waals surface area contributed by atoms with Crippen LogP contribution in [0.25, 0.3) is 0 Å². The smallest absolute Gasteiger partial charge is 0.257 e. The van der Waals surface area contributed by atoms with Crippen molar-refractivity contribution in [1.82, 2.24) is 15.2 Å². The largest absolute Gasteiger partial charge is 0.277 e. The summed E-state index contributed by atoms with van der Waals surface area (Å²) in [5, 5.41) is 2.47. The average molecular weight is 311 g/mol. The Morgan fingerprint density at radius 2 is 2.00 bits per heavy atom. The van der Waals surface area contributed by atoms with Crippen molar-refractivity contribution in [3.63, 3.8) is 0 Å². The van der Waals surface area contributed by atoms with Gasteiger partial charge >= 0.3 is 0 Å². The van der Waals surface area contributed by atoms with Crippen molar-refractivity contribution in [3.05, 3.63) is 46.4 Å². The van der Waals surface area contributed by atoms with E-state index in [2.05, 4.69) is 15.2 Å². The standard InChI is InChI=1S/C12H13N3O3S2/c1-9-8-19-12(13-9)7-11(16)14-15-20(17,18)10-5-3-2-4-6-10/h2-6,8,15H,7H2,1H3,(H,14,16). The van der Waals surface area contributed by atoms with Crippen molar-refractivity contribution >= 4 is 27.3 Å². The highest BCUT2D eigenvalue weighted by Gasteiger charge is 2.15. The van der Waals surface area contributed by atoms with Gasteiger partial charge in [-0.1, -0.05) is 18.2 Å². The molecular formula is C12H13N3O3S2. The number of amides is 1. The Morgan fingerprint density at radius 3 is 2.60 bits per heavy atom. The quantitative estimate of drug-likeness (QED) is 0.807. The van der Waals surface area contributed by atoms with Gasteiger partial charge < -0.3 is 0 Å². The Labute approximate surface area is 120 Å². The molecule has 0 aliphatic carbocycles. The van der Waals surface area contributed by atoms with Crippen molar-refractivity contribution in [2.45, 2.75) is 18.2 Å². The minimum absolute atomic E-state index is 0.0375. The van der Waals surface area contributed by atoms with E-state index in [0.717, 1.165) is 5.69 Å². The molecule has 0 unspecified atom stereocenters. The van der Waals surface area contributed by atoms with Crippen molar-refractivity contribution in [3.8, 4) is 0 Å². The van der Waals surface area contributed by atoms with Gasteiger partial charge in [0.2, 0.25) is 5.91 Å². The highest BCUT2D eigenvalue weighted by molar-refractivity contribution is 7.89. The maximum atomic E-state index is 11.9. The molecule has 20 heavy (non-hydrogen) atoms. The second-order valence-corrected chi connectivity index (χ2v) is 6.65. The number of benzene rings is 1. The molecule has 0 fully saturated rings. The molecular weight excluding hydrogens is 298 g/mol. The maximum Gasteiger partial charge on any atom is 0.257 e. The molecule has 0 spiro atoms. The number of nitrogens with one attached hydrogen (secondary N) is 2. The number of rotatable bonds is 5. The van der Waals surface area contributed by atoms with E-state index in [4.69, 9.17) is 0 Å². The van der Waals surface area contributed by atoms with Crippen molar-refractivity contribution in [1.29, 1.82) is 0 Å². The molecule has 0 saturated carbocycles. The average Bonchev–Trinajstić information content (AvgIpc) is 2.83. The number of carbonyl (C=O) groups excluding carboxylic acids is 1. The topological polar surface area (TPSA) is 88.2 Å². The van der Waals surface area contributed by atoms with Crippen LogP contribution < -0.4 is 10.3 Å². The van der Waals surface area contributed by atoms with Gasteiger partial charge in [-0.3, -0.25) is 10.2 Å². The van der Waals surface area contributed by atoms with Gasteiger partial charge in [-0.05, 0) is 19.1 Å². The minimum atomic E-state index is -3.74. The fourth-order valence-electron chi connectivity index (χ4n) is 1.45. The third-order valence-electron chi connectivity index (χ3n) is 2.36. The number of aromatic nitrogens is 1. The number of aryl methyl sites for hydroxylation is 1. The number of carbonyl (C=O) groups is 1. The molecule has 2 N–H and O–H groups in total. The first-order valence-corrected chi connectivity index (χ1v) is 8.10. The summed E-state index contributed by atoms with van der Waals surface area (Å²) in [5.74, 6) is -0.459. The van der Waals surface area contributed by atoms with Crippen LogP contribution in [0.15, 0.2) is 40.6 Å². The summed E-state index contributed by atoms with van der Waals surface area (Å²) < 4.78 is 23.7.